The number of hydrogen-bond donors (Lipinski definition) is 3. The van der Waals surface area contributed by atoms with Crippen molar-refractivity contribution in [2.24, 2.45) is 5.73 Å². The molecule has 4 N–H and O–H groups in total. The van der Waals surface area contributed by atoms with Crippen LogP contribution >= 0.6 is 0 Å². The van der Waals surface area contributed by atoms with Gasteiger partial charge in [0, 0.05) is 12.4 Å². The third-order valence-corrected chi connectivity index (χ3v) is 2.24. The molecule has 0 fully saturated rings. The summed E-state index contributed by atoms with van der Waals surface area (Å²) in [6, 6.07) is 1.84. The number of nitrogens with zero attached hydrogens (tertiary/aromatic N) is 1. The molecule has 17 heavy (non-hydrogen) atoms. The summed E-state index contributed by atoms with van der Waals surface area (Å²) in [4.78, 5) is 26.0. The fourth-order valence-corrected chi connectivity index (χ4v) is 1.25. The molecular formula is C11H15N3O3. The lowest BCUT2D eigenvalue weighted by Crippen LogP contribution is -2.48. The number of amides is 1. The summed E-state index contributed by atoms with van der Waals surface area (Å²) in [6.45, 7) is 1.39. The topological polar surface area (TPSA) is 105 Å². The Morgan fingerprint density at radius 3 is 2.82 bits per heavy atom. The Morgan fingerprint density at radius 2 is 2.29 bits per heavy atom. The highest BCUT2D eigenvalue weighted by Gasteiger charge is 2.19. The predicted octanol–water partition coefficient (Wildman–Crippen LogP) is -0.459. The molecule has 0 aliphatic carbocycles. The first-order valence-electron chi connectivity index (χ1n) is 5.18. The quantitative estimate of drug-likeness (QED) is 0.642. The van der Waals surface area contributed by atoms with Crippen LogP contribution in [0.3, 0.4) is 0 Å². The Bertz CT molecular complexity index is 394. The van der Waals surface area contributed by atoms with Gasteiger partial charge in [0.1, 0.15) is 6.04 Å². The summed E-state index contributed by atoms with van der Waals surface area (Å²) in [5.74, 6) is -1.57. The van der Waals surface area contributed by atoms with Crippen LogP contribution in [0.2, 0.25) is 0 Å². The lowest BCUT2D eigenvalue weighted by atomic mass is 10.1. The number of rotatable bonds is 5. The highest BCUT2D eigenvalue weighted by atomic mass is 16.4. The zero-order valence-corrected chi connectivity index (χ0v) is 9.46. The zero-order valence-electron chi connectivity index (χ0n) is 9.46. The SMILES string of the molecule is C[C@H](NC(=O)[C@@H](N)Cc1cccnc1)C(=O)O. The highest BCUT2D eigenvalue weighted by molar-refractivity contribution is 5.86. The maximum Gasteiger partial charge on any atom is 0.325 e. The number of nitrogens with two attached hydrogens (primary N) is 1. The Labute approximate surface area is 98.8 Å². The number of aromatic nitrogens is 1. The summed E-state index contributed by atoms with van der Waals surface area (Å²) in [5.41, 5.74) is 6.50. The second kappa shape index (κ2) is 5.95. The summed E-state index contributed by atoms with van der Waals surface area (Å²) in [6.07, 6.45) is 3.57. The van der Waals surface area contributed by atoms with Crippen molar-refractivity contribution >= 4 is 11.9 Å². The van der Waals surface area contributed by atoms with Gasteiger partial charge in [-0.25, -0.2) is 0 Å². The molecule has 6 nitrogen and oxygen atoms in total. The Morgan fingerprint density at radius 1 is 1.59 bits per heavy atom. The number of nitrogens with one attached hydrogen (secondary N) is 1. The first-order chi connectivity index (χ1) is 8.00. The van der Waals surface area contributed by atoms with Gasteiger partial charge in [-0.3, -0.25) is 14.6 Å². The molecule has 6 heteroatoms. The van der Waals surface area contributed by atoms with Gasteiger partial charge < -0.3 is 16.2 Å². The van der Waals surface area contributed by atoms with Crippen LogP contribution < -0.4 is 11.1 Å². The van der Waals surface area contributed by atoms with Gasteiger partial charge in [-0.05, 0) is 25.0 Å². The van der Waals surface area contributed by atoms with E-state index in [-0.39, 0.29) is 0 Å². The minimum Gasteiger partial charge on any atom is -0.480 e. The molecule has 1 heterocycles. The lowest BCUT2D eigenvalue weighted by Gasteiger charge is -2.14. The number of carboxylic acid groups (broad SMARTS) is 1. The molecule has 0 radical (unpaired) electrons. The van der Waals surface area contributed by atoms with E-state index < -0.39 is 24.0 Å². The molecule has 1 aromatic heterocycles. The second-order valence-corrected chi connectivity index (χ2v) is 3.74. The van der Waals surface area contributed by atoms with E-state index in [1.165, 1.54) is 6.92 Å². The van der Waals surface area contributed by atoms with E-state index in [0.717, 1.165) is 5.56 Å². The monoisotopic (exact) mass is 237 g/mol. The van der Waals surface area contributed by atoms with E-state index in [0.29, 0.717) is 6.42 Å². The predicted molar refractivity (Wildman–Crippen MR) is 61.2 cm³/mol. The minimum atomic E-state index is -1.09. The molecule has 0 saturated carbocycles. The zero-order chi connectivity index (χ0) is 12.8. The number of carboxylic acids is 1. The van der Waals surface area contributed by atoms with Crippen LogP contribution in [0, 0.1) is 0 Å². The van der Waals surface area contributed by atoms with E-state index >= 15 is 0 Å². The van der Waals surface area contributed by atoms with Gasteiger partial charge in [-0.1, -0.05) is 6.07 Å². The molecule has 0 aliphatic rings. The van der Waals surface area contributed by atoms with Gasteiger partial charge in [-0.2, -0.15) is 0 Å². The Kier molecular flexibility index (Phi) is 4.59. The van der Waals surface area contributed by atoms with Crippen LogP contribution in [-0.2, 0) is 16.0 Å². The summed E-state index contributed by atoms with van der Waals surface area (Å²) in [5, 5.41) is 11.0. The highest BCUT2D eigenvalue weighted by Crippen LogP contribution is 2.00. The average Bonchev–Trinajstić information content (AvgIpc) is 2.29. The van der Waals surface area contributed by atoms with Crippen LogP contribution in [0.15, 0.2) is 24.5 Å². The molecule has 92 valence electrons. The number of hydrogen-bond acceptors (Lipinski definition) is 4. The maximum atomic E-state index is 11.5. The van der Waals surface area contributed by atoms with Crippen LogP contribution in [0.1, 0.15) is 12.5 Å². The third-order valence-electron chi connectivity index (χ3n) is 2.24. The molecule has 1 amide bonds. The minimum absolute atomic E-state index is 0.325. The van der Waals surface area contributed by atoms with Crippen molar-refractivity contribution in [1.82, 2.24) is 10.3 Å². The molecule has 0 unspecified atom stereocenters. The van der Waals surface area contributed by atoms with Crippen molar-refractivity contribution in [1.29, 1.82) is 0 Å². The lowest BCUT2D eigenvalue weighted by molar-refractivity contribution is -0.141. The van der Waals surface area contributed by atoms with Crippen molar-refractivity contribution < 1.29 is 14.7 Å². The van der Waals surface area contributed by atoms with Gasteiger partial charge in [0.05, 0.1) is 6.04 Å². The van der Waals surface area contributed by atoms with Crippen molar-refractivity contribution in [2.45, 2.75) is 25.4 Å². The standard InChI is InChI=1S/C11H15N3O3/c1-7(11(16)17)14-10(15)9(12)5-8-3-2-4-13-6-8/h2-4,6-7,9H,5,12H2,1H3,(H,14,15)(H,16,17)/t7-,9-/m0/s1. The van der Waals surface area contributed by atoms with Gasteiger partial charge in [0.25, 0.3) is 0 Å². The summed E-state index contributed by atoms with van der Waals surface area (Å²) in [7, 11) is 0. The van der Waals surface area contributed by atoms with Crippen LogP contribution in [0.4, 0.5) is 0 Å². The largest absolute Gasteiger partial charge is 0.480 e. The van der Waals surface area contributed by atoms with Crippen molar-refractivity contribution in [3.8, 4) is 0 Å². The summed E-state index contributed by atoms with van der Waals surface area (Å²) < 4.78 is 0. The molecule has 0 aromatic carbocycles. The Balaban J connectivity index is 2.50. The maximum absolute atomic E-state index is 11.5. The first-order valence-corrected chi connectivity index (χ1v) is 5.18. The Hall–Kier alpha value is -1.95. The van der Waals surface area contributed by atoms with Crippen molar-refractivity contribution in [2.75, 3.05) is 0 Å². The van der Waals surface area contributed by atoms with Gasteiger partial charge in [-0.15, -0.1) is 0 Å². The molecule has 2 atom stereocenters. The smallest absolute Gasteiger partial charge is 0.325 e. The van der Waals surface area contributed by atoms with Crippen molar-refractivity contribution in [3.05, 3.63) is 30.1 Å². The third kappa shape index (κ3) is 4.20. The fraction of sp³-hybridized carbons (Fsp3) is 0.364. The van der Waals surface area contributed by atoms with Crippen LogP contribution in [-0.4, -0.2) is 34.1 Å². The normalized spacial score (nSPS) is 13.8. The number of pyridine rings is 1. The molecular weight excluding hydrogens is 222 g/mol. The van der Waals surface area contributed by atoms with Crippen LogP contribution in [0.25, 0.3) is 0 Å². The number of carbonyl (C=O) groups excluding carboxylic acids is 1. The number of aliphatic carboxylic acids is 1. The molecule has 1 rings (SSSR count). The van der Waals surface area contributed by atoms with Gasteiger partial charge >= 0.3 is 5.97 Å². The average molecular weight is 237 g/mol. The van der Waals surface area contributed by atoms with Crippen LogP contribution in [0.5, 0.6) is 0 Å². The molecule has 0 saturated heterocycles. The fourth-order valence-electron chi connectivity index (χ4n) is 1.25. The number of carbonyl (C=O) groups is 2. The van der Waals surface area contributed by atoms with Gasteiger partial charge in [0.2, 0.25) is 5.91 Å². The van der Waals surface area contributed by atoms with E-state index in [4.69, 9.17) is 10.8 Å². The molecule has 0 spiro atoms. The molecule has 0 bridgehead atoms. The first kappa shape index (κ1) is 13.1. The van der Waals surface area contributed by atoms with Crippen molar-refractivity contribution in [3.63, 3.8) is 0 Å². The van der Waals surface area contributed by atoms with E-state index in [1.807, 2.05) is 0 Å². The van der Waals surface area contributed by atoms with E-state index in [1.54, 1.807) is 24.5 Å². The summed E-state index contributed by atoms with van der Waals surface area (Å²) >= 11 is 0. The second-order valence-electron chi connectivity index (χ2n) is 3.74. The van der Waals surface area contributed by atoms with Gasteiger partial charge in [0.15, 0.2) is 0 Å². The van der Waals surface area contributed by atoms with E-state index in [9.17, 15) is 9.59 Å². The van der Waals surface area contributed by atoms with E-state index in [2.05, 4.69) is 10.3 Å². The molecule has 0 aliphatic heterocycles. The molecule has 1 aromatic rings.